The largest absolute Gasteiger partial charge is 0.481 e. The number of carboxylic acid groups (broad SMARTS) is 1. The maximum Gasteiger partial charge on any atom is 0.303 e. The highest BCUT2D eigenvalue weighted by molar-refractivity contribution is 6.02. The summed E-state index contributed by atoms with van der Waals surface area (Å²) in [7, 11) is 0. The molecule has 0 radical (unpaired) electrons. The second-order valence-electron chi connectivity index (χ2n) is 4.74. The summed E-state index contributed by atoms with van der Waals surface area (Å²) < 4.78 is 13.7. The number of para-hydroxylation sites is 1. The molecule has 0 spiro atoms. The first-order chi connectivity index (χ1) is 9.99. The van der Waals surface area contributed by atoms with Crippen LogP contribution in [-0.2, 0) is 14.4 Å². The molecule has 0 saturated carbocycles. The number of benzene rings is 1. The topological polar surface area (TPSA) is 77.9 Å². The smallest absolute Gasteiger partial charge is 0.303 e. The lowest BCUT2D eigenvalue weighted by atomic mass is 10.2. The van der Waals surface area contributed by atoms with E-state index in [0.717, 1.165) is 4.90 Å². The van der Waals surface area contributed by atoms with E-state index in [1.165, 1.54) is 23.1 Å². The number of imide groups is 1. The highest BCUT2D eigenvalue weighted by Crippen LogP contribution is 2.21. The van der Waals surface area contributed by atoms with E-state index in [4.69, 9.17) is 5.11 Å². The van der Waals surface area contributed by atoms with Crippen LogP contribution in [0.15, 0.2) is 24.3 Å². The molecule has 1 aromatic carbocycles. The summed E-state index contributed by atoms with van der Waals surface area (Å²) in [5, 5.41) is 8.56. The van der Waals surface area contributed by atoms with E-state index in [9.17, 15) is 18.8 Å². The van der Waals surface area contributed by atoms with Crippen molar-refractivity contribution < 1.29 is 23.9 Å². The molecule has 1 fully saturated rings. The van der Waals surface area contributed by atoms with Crippen molar-refractivity contribution in [3.63, 3.8) is 0 Å². The minimum atomic E-state index is -0.972. The van der Waals surface area contributed by atoms with E-state index in [1.54, 1.807) is 6.07 Å². The van der Waals surface area contributed by atoms with Gasteiger partial charge in [0.1, 0.15) is 5.82 Å². The van der Waals surface area contributed by atoms with Crippen molar-refractivity contribution in [1.82, 2.24) is 4.90 Å². The van der Waals surface area contributed by atoms with Crippen molar-refractivity contribution in [2.45, 2.75) is 12.8 Å². The van der Waals surface area contributed by atoms with Crippen molar-refractivity contribution in [1.29, 1.82) is 0 Å². The summed E-state index contributed by atoms with van der Waals surface area (Å²) >= 11 is 0. The van der Waals surface area contributed by atoms with Crippen LogP contribution < -0.4 is 4.90 Å². The Morgan fingerprint density at radius 2 is 1.81 bits per heavy atom. The summed E-state index contributed by atoms with van der Waals surface area (Å²) in [6.45, 7) is -0.116. The lowest BCUT2D eigenvalue weighted by Crippen LogP contribution is -2.54. The molecule has 112 valence electrons. The van der Waals surface area contributed by atoms with Crippen LogP contribution in [0, 0.1) is 5.82 Å². The van der Waals surface area contributed by atoms with Gasteiger partial charge in [-0.15, -0.1) is 0 Å². The van der Waals surface area contributed by atoms with Crippen LogP contribution in [0.25, 0.3) is 0 Å². The molecule has 1 heterocycles. The second-order valence-corrected chi connectivity index (χ2v) is 4.74. The molecule has 2 amide bonds. The number of halogens is 1. The lowest BCUT2D eigenvalue weighted by molar-refractivity contribution is -0.146. The molecule has 0 aromatic heterocycles. The van der Waals surface area contributed by atoms with E-state index in [-0.39, 0.29) is 38.2 Å². The van der Waals surface area contributed by atoms with Gasteiger partial charge in [0.25, 0.3) is 0 Å². The van der Waals surface area contributed by atoms with Crippen LogP contribution in [0.1, 0.15) is 12.8 Å². The number of hydrogen-bond acceptors (Lipinski definition) is 4. The van der Waals surface area contributed by atoms with Gasteiger partial charge in [-0.25, -0.2) is 4.39 Å². The van der Waals surface area contributed by atoms with E-state index in [2.05, 4.69) is 0 Å². The molecule has 1 aliphatic rings. The number of nitrogens with zero attached hydrogens (tertiary/aromatic N) is 2. The normalized spacial score (nSPS) is 15.5. The van der Waals surface area contributed by atoms with Gasteiger partial charge >= 0.3 is 5.97 Å². The molecule has 1 aromatic rings. The molecule has 1 N–H and O–H groups in total. The Balaban J connectivity index is 2.02. The van der Waals surface area contributed by atoms with Crippen LogP contribution in [0.4, 0.5) is 10.1 Å². The van der Waals surface area contributed by atoms with E-state index in [0.29, 0.717) is 0 Å². The van der Waals surface area contributed by atoms with Crippen molar-refractivity contribution in [3.8, 4) is 0 Å². The molecule has 1 aliphatic heterocycles. The Morgan fingerprint density at radius 3 is 2.38 bits per heavy atom. The Hall–Kier alpha value is -2.44. The summed E-state index contributed by atoms with van der Waals surface area (Å²) in [4.78, 5) is 36.8. The van der Waals surface area contributed by atoms with Gasteiger partial charge in [0.15, 0.2) is 0 Å². The molecule has 0 bridgehead atoms. The Kier molecular flexibility index (Phi) is 4.52. The summed E-state index contributed by atoms with van der Waals surface area (Å²) in [6.07, 6.45) is 0.112. The van der Waals surface area contributed by atoms with Crippen molar-refractivity contribution >= 4 is 23.5 Å². The summed E-state index contributed by atoms with van der Waals surface area (Å²) in [5.74, 6) is -2.35. The minimum absolute atomic E-state index is 0.0785. The molecular formula is C14H15FN2O4. The summed E-state index contributed by atoms with van der Waals surface area (Å²) in [6, 6.07) is 5.94. The number of hydrogen-bond donors (Lipinski definition) is 1. The van der Waals surface area contributed by atoms with Crippen LogP contribution in [-0.4, -0.2) is 47.4 Å². The van der Waals surface area contributed by atoms with Crippen molar-refractivity contribution in [2.75, 3.05) is 24.5 Å². The number of anilines is 1. The Labute approximate surface area is 120 Å². The minimum Gasteiger partial charge on any atom is -0.481 e. The molecule has 2 rings (SSSR count). The van der Waals surface area contributed by atoms with Gasteiger partial charge in [-0.05, 0) is 18.6 Å². The maximum atomic E-state index is 13.7. The molecular weight excluding hydrogens is 279 g/mol. The number of aliphatic carboxylic acids is 1. The average molecular weight is 294 g/mol. The molecule has 0 atom stereocenters. The van der Waals surface area contributed by atoms with Gasteiger partial charge in [-0.1, -0.05) is 12.1 Å². The van der Waals surface area contributed by atoms with Crippen LogP contribution in [0.2, 0.25) is 0 Å². The quantitative estimate of drug-likeness (QED) is 0.815. The van der Waals surface area contributed by atoms with E-state index in [1.807, 2.05) is 0 Å². The first-order valence-electron chi connectivity index (χ1n) is 6.53. The highest BCUT2D eigenvalue weighted by Gasteiger charge is 2.31. The van der Waals surface area contributed by atoms with E-state index < -0.39 is 23.6 Å². The van der Waals surface area contributed by atoms with Gasteiger partial charge in [0.2, 0.25) is 11.8 Å². The zero-order valence-electron chi connectivity index (χ0n) is 11.3. The monoisotopic (exact) mass is 294 g/mol. The third kappa shape index (κ3) is 3.56. The van der Waals surface area contributed by atoms with Gasteiger partial charge in [-0.3, -0.25) is 19.3 Å². The Bertz CT molecular complexity index is 558. The maximum absolute atomic E-state index is 13.7. The van der Waals surface area contributed by atoms with Crippen LogP contribution in [0.5, 0.6) is 0 Å². The SMILES string of the molecule is O=C(O)CCCN1C(=O)CN(c2ccccc2F)CC1=O. The van der Waals surface area contributed by atoms with Crippen LogP contribution in [0.3, 0.4) is 0 Å². The fraction of sp³-hybridized carbons (Fsp3) is 0.357. The van der Waals surface area contributed by atoms with Crippen molar-refractivity contribution in [2.24, 2.45) is 0 Å². The number of piperazine rings is 1. The highest BCUT2D eigenvalue weighted by atomic mass is 19.1. The number of amides is 2. The van der Waals surface area contributed by atoms with Gasteiger partial charge in [0, 0.05) is 13.0 Å². The second kappa shape index (κ2) is 6.34. The third-order valence-corrected chi connectivity index (χ3v) is 3.22. The summed E-state index contributed by atoms with van der Waals surface area (Å²) in [5.41, 5.74) is 0.212. The number of carbonyl (C=O) groups excluding carboxylic acids is 2. The number of carbonyl (C=O) groups is 3. The average Bonchev–Trinajstić information content (AvgIpc) is 2.42. The first kappa shape index (κ1) is 15.0. The van der Waals surface area contributed by atoms with E-state index >= 15 is 0 Å². The van der Waals surface area contributed by atoms with Gasteiger partial charge in [0.05, 0.1) is 18.8 Å². The van der Waals surface area contributed by atoms with Gasteiger partial charge < -0.3 is 10.0 Å². The third-order valence-electron chi connectivity index (χ3n) is 3.22. The predicted octanol–water partition coefficient (Wildman–Crippen LogP) is 0.866. The zero-order chi connectivity index (χ0) is 15.4. The zero-order valence-corrected chi connectivity index (χ0v) is 11.3. The Morgan fingerprint density at radius 1 is 1.19 bits per heavy atom. The number of carboxylic acids is 1. The molecule has 0 aliphatic carbocycles. The predicted molar refractivity (Wildman–Crippen MR) is 72.2 cm³/mol. The van der Waals surface area contributed by atoms with Gasteiger partial charge in [-0.2, -0.15) is 0 Å². The molecule has 7 heteroatoms. The van der Waals surface area contributed by atoms with Crippen molar-refractivity contribution in [3.05, 3.63) is 30.1 Å². The molecule has 0 unspecified atom stereocenters. The lowest BCUT2D eigenvalue weighted by Gasteiger charge is -2.34. The molecule has 6 nitrogen and oxygen atoms in total. The van der Waals surface area contributed by atoms with Crippen LogP contribution >= 0.6 is 0 Å². The molecule has 21 heavy (non-hydrogen) atoms. The number of rotatable bonds is 5. The fourth-order valence-electron chi connectivity index (χ4n) is 2.21. The first-order valence-corrected chi connectivity index (χ1v) is 6.53. The fourth-order valence-corrected chi connectivity index (χ4v) is 2.21. The molecule has 1 saturated heterocycles. The standard InChI is InChI=1S/C14H15FN2O4/c15-10-4-1-2-5-11(10)16-8-12(18)17(13(19)9-16)7-3-6-14(20)21/h1-2,4-5H,3,6-9H2,(H,20,21).